The Morgan fingerprint density at radius 2 is 1.81 bits per heavy atom. The van der Waals surface area contributed by atoms with Crippen molar-refractivity contribution in [1.29, 1.82) is 0 Å². The van der Waals surface area contributed by atoms with Gasteiger partial charge in [-0.2, -0.15) is 0 Å². The van der Waals surface area contributed by atoms with Crippen LogP contribution in [0.2, 0.25) is 0 Å². The molecule has 1 heterocycles. The van der Waals surface area contributed by atoms with Gasteiger partial charge in [-0.3, -0.25) is 9.59 Å². The Bertz CT molecular complexity index is 1000. The number of carbonyl (C=O) groups is 2. The van der Waals surface area contributed by atoms with Crippen LogP contribution in [-0.4, -0.2) is 23.9 Å². The van der Waals surface area contributed by atoms with Crippen LogP contribution in [0.3, 0.4) is 0 Å². The van der Waals surface area contributed by atoms with Crippen molar-refractivity contribution >= 4 is 34.1 Å². The smallest absolute Gasteiger partial charge is 0.255 e. The first-order valence-electron chi connectivity index (χ1n) is 8.25. The third kappa shape index (κ3) is 3.39. The molecule has 0 bridgehead atoms. The molecule has 2 aromatic carbocycles. The zero-order valence-corrected chi connectivity index (χ0v) is 15.2. The number of aromatic nitrogens is 1. The van der Waals surface area contributed by atoms with Crippen LogP contribution in [0.15, 0.2) is 36.4 Å². The molecule has 0 saturated heterocycles. The highest BCUT2D eigenvalue weighted by molar-refractivity contribution is 6.07. The molecule has 3 rings (SSSR count). The number of benzene rings is 2. The topological polar surface area (TPSA) is 83.2 Å². The quantitative estimate of drug-likeness (QED) is 0.664. The lowest BCUT2D eigenvalue weighted by molar-refractivity contribution is -0.114. The van der Waals surface area contributed by atoms with Gasteiger partial charge in [0, 0.05) is 34.8 Å². The SMILES string of the molecule is COc1ccc(NC(=O)c2ccc3[nH]c(C)c(C)c3c2)cc1NC(C)=O. The summed E-state index contributed by atoms with van der Waals surface area (Å²) in [4.78, 5) is 27.3. The fraction of sp³-hybridized carbons (Fsp3) is 0.200. The van der Waals surface area contributed by atoms with Crippen LogP contribution in [0.5, 0.6) is 5.75 Å². The molecule has 0 unspecified atom stereocenters. The van der Waals surface area contributed by atoms with Gasteiger partial charge < -0.3 is 20.4 Å². The van der Waals surface area contributed by atoms with Crippen molar-refractivity contribution in [1.82, 2.24) is 4.98 Å². The van der Waals surface area contributed by atoms with Gasteiger partial charge in [0.05, 0.1) is 12.8 Å². The van der Waals surface area contributed by atoms with E-state index in [-0.39, 0.29) is 11.8 Å². The highest BCUT2D eigenvalue weighted by Gasteiger charge is 2.12. The molecule has 0 aliphatic rings. The molecule has 6 nitrogen and oxygen atoms in total. The van der Waals surface area contributed by atoms with E-state index in [0.29, 0.717) is 22.7 Å². The first kappa shape index (κ1) is 17.5. The summed E-state index contributed by atoms with van der Waals surface area (Å²) in [6, 6.07) is 10.7. The second-order valence-corrected chi connectivity index (χ2v) is 6.19. The number of nitrogens with one attached hydrogen (secondary N) is 3. The first-order valence-corrected chi connectivity index (χ1v) is 8.25. The second-order valence-electron chi connectivity index (χ2n) is 6.19. The van der Waals surface area contributed by atoms with E-state index in [0.717, 1.165) is 22.2 Å². The Balaban J connectivity index is 1.87. The lowest BCUT2D eigenvalue weighted by atomic mass is 10.1. The third-order valence-corrected chi connectivity index (χ3v) is 4.34. The van der Waals surface area contributed by atoms with Gasteiger partial charge in [0.25, 0.3) is 5.91 Å². The van der Waals surface area contributed by atoms with E-state index in [1.54, 1.807) is 24.3 Å². The summed E-state index contributed by atoms with van der Waals surface area (Å²) >= 11 is 0. The largest absolute Gasteiger partial charge is 0.495 e. The zero-order chi connectivity index (χ0) is 18.8. The van der Waals surface area contributed by atoms with Crippen molar-refractivity contribution in [3.63, 3.8) is 0 Å². The molecule has 134 valence electrons. The number of ether oxygens (including phenoxy) is 1. The molecule has 3 N–H and O–H groups in total. The summed E-state index contributed by atoms with van der Waals surface area (Å²) in [7, 11) is 1.52. The maximum atomic E-state index is 12.6. The van der Waals surface area contributed by atoms with Crippen molar-refractivity contribution in [2.75, 3.05) is 17.7 Å². The van der Waals surface area contributed by atoms with Crippen molar-refractivity contribution in [3.8, 4) is 5.75 Å². The van der Waals surface area contributed by atoms with Crippen LogP contribution in [0.1, 0.15) is 28.5 Å². The van der Waals surface area contributed by atoms with E-state index in [4.69, 9.17) is 4.74 Å². The summed E-state index contributed by atoms with van der Waals surface area (Å²) in [5, 5.41) is 6.58. The predicted molar refractivity (Wildman–Crippen MR) is 103 cm³/mol. The van der Waals surface area contributed by atoms with E-state index in [9.17, 15) is 9.59 Å². The fourth-order valence-electron chi connectivity index (χ4n) is 2.88. The van der Waals surface area contributed by atoms with Crippen molar-refractivity contribution < 1.29 is 14.3 Å². The molecule has 0 aliphatic carbocycles. The molecule has 2 amide bonds. The monoisotopic (exact) mass is 351 g/mol. The van der Waals surface area contributed by atoms with Crippen molar-refractivity contribution in [2.24, 2.45) is 0 Å². The van der Waals surface area contributed by atoms with Crippen LogP contribution in [-0.2, 0) is 4.79 Å². The molecule has 1 aromatic heterocycles. The molecule has 3 aromatic rings. The average Bonchev–Trinajstić information content (AvgIpc) is 2.88. The summed E-state index contributed by atoms with van der Waals surface area (Å²) < 4.78 is 5.22. The Kier molecular flexibility index (Phi) is 4.67. The van der Waals surface area contributed by atoms with Gasteiger partial charge in [0.15, 0.2) is 0 Å². The maximum absolute atomic E-state index is 12.6. The van der Waals surface area contributed by atoms with Crippen LogP contribution in [0.25, 0.3) is 10.9 Å². The van der Waals surface area contributed by atoms with E-state index in [2.05, 4.69) is 15.6 Å². The Hall–Kier alpha value is -3.28. The zero-order valence-electron chi connectivity index (χ0n) is 15.2. The van der Waals surface area contributed by atoms with Crippen LogP contribution >= 0.6 is 0 Å². The molecule has 0 radical (unpaired) electrons. The predicted octanol–water partition coefficient (Wildman–Crippen LogP) is 4.00. The number of anilines is 2. The van der Waals surface area contributed by atoms with E-state index in [1.165, 1.54) is 14.0 Å². The van der Waals surface area contributed by atoms with Gasteiger partial charge >= 0.3 is 0 Å². The summed E-state index contributed by atoms with van der Waals surface area (Å²) in [5.74, 6) is 0.0951. The number of methoxy groups -OCH3 is 1. The molecule has 0 aliphatic heterocycles. The van der Waals surface area contributed by atoms with Crippen LogP contribution < -0.4 is 15.4 Å². The summed E-state index contributed by atoms with van der Waals surface area (Å²) in [6.07, 6.45) is 0. The number of hydrogen-bond donors (Lipinski definition) is 3. The van der Waals surface area contributed by atoms with Gasteiger partial charge in [-0.05, 0) is 55.8 Å². The number of amides is 2. The second kappa shape index (κ2) is 6.92. The number of carbonyl (C=O) groups excluding carboxylic acids is 2. The lowest BCUT2D eigenvalue weighted by Crippen LogP contribution is -2.13. The van der Waals surface area contributed by atoms with Gasteiger partial charge in [0.1, 0.15) is 5.75 Å². The highest BCUT2D eigenvalue weighted by Crippen LogP contribution is 2.28. The summed E-state index contributed by atoms with van der Waals surface area (Å²) in [5.41, 5.74) is 4.87. The number of H-pyrrole nitrogens is 1. The van der Waals surface area contributed by atoms with E-state index in [1.807, 2.05) is 26.0 Å². The van der Waals surface area contributed by atoms with Gasteiger partial charge in [-0.15, -0.1) is 0 Å². The van der Waals surface area contributed by atoms with Gasteiger partial charge in [-0.25, -0.2) is 0 Å². The third-order valence-electron chi connectivity index (χ3n) is 4.34. The Morgan fingerprint density at radius 1 is 1.04 bits per heavy atom. The molecule has 26 heavy (non-hydrogen) atoms. The molecule has 0 fully saturated rings. The van der Waals surface area contributed by atoms with Gasteiger partial charge in [0.2, 0.25) is 5.91 Å². The van der Waals surface area contributed by atoms with Crippen LogP contribution in [0, 0.1) is 13.8 Å². The normalized spacial score (nSPS) is 10.6. The Labute approximate surface area is 151 Å². The lowest BCUT2D eigenvalue weighted by Gasteiger charge is -2.12. The molecule has 0 spiro atoms. The van der Waals surface area contributed by atoms with E-state index >= 15 is 0 Å². The Morgan fingerprint density at radius 3 is 2.50 bits per heavy atom. The van der Waals surface area contributed by atoms with Crippen molar-refractivity contribution in [3.05, 3.63) is 53.2 Å². The first-order chi connectivity index (χ1) is 12.4. The molecule has 0 saturated carbocycles. The maximum Gasteiger partial charge on any atom is 0.255 e. The van der Waals surface area contributed by atoms with Crippen LogP contribution in [0.4, 0.5) is 11.4 Å². The number of aryl methyl sites for hydroxylation is 2. The van der Waals surface area contributed by atoms with Crippen molar-refractivity contribution in [2.45, 2.75) is 20.8 Å². The number of rotatable bonds is 4. The summed E-state index contributed by atoms with van der Waals surface area (Å²) in [6.45, 7) is 5.45. The number of fused-ring (bicyclic) bond motifs is 1. The molecular formula is C20H21N3O3. The van der Waals surface area contributed by atoms with Gasteiger partial charge in [-0.1, -0.05) is 0 Å². The molecular weight excluding hydrogens is 330 g/mol. The average molecular weight is 351 g/mol. The standard InChI is InChI=1S/C20H21N3O3/c1-11-12(2)21-17-7-5-14(9-16(11)17)20(25)23-15-6-8-19(26-4)18(10-15)22-13(3)24/h5-10,21H,1-4H3,(H,22,24)(H,23,25). The minimum Gasteiger partial charge on any atom is -0.495 e. The van der Waals surface area contributed by atoms with E-state index < -0.39 is 0 Å². The minimum absolute atomic E-state index is 0.212. The number of hydrogen-bond acceptors (Lipinski definition) is 3. The molecule has 0 atom stereocenters. The minimum atomic E-state index is -0.218. The highest BCUT2D eigenvalue weighted by atomic mass is 16.5. The fourth-order valence-corrected chi connectivity index (χ4v) is 2.88. The molecule has 6 heteroatoms. The number of aromatic amines is 1.